The Morgan fingerprint density at radius 2 is 2.44 bits per heavy atom. The van der Waals surface area contributed by atoms with E-state index in [1.165, 1.54) is 0 Å². The van der Waals surface area contributed by atoms with E-state index in [4.69, 9.17) is 16.0 Å². The van der Waals surface area contributed by atoms with Crippen LogP contribution in [-0.4, -0.2) is 16.3 Å². The minimum Gasteiger partial charge on any atom is -0.472 e. The maximum absolute atomic E-state index is 6.14. The zero-order valence-corrected chi connectivity index (χ0v) is 10.0. The van der Waals surface area contributed by atoms with E-state index in [1.54, 1.807) is 23.4 Å². The van der Waals surface area contributed by atoms with E-state index in [-0.39, 0.29) is 6.04 Å². The monoisotopic (exact) mass is 239 g/mol. The van der Waals surface area contributed by atoms with E-state index >= 15 is 0 Å². The van der Waals surface area contributed by atoms with Crippen molar-refractivity contribution in [3.8, 4) is 0 Å². The quantitative estimate of drug-likeness (QED) is 0.891. The number of hydrogen-bond acceptors (Lipinski definition) is 3. The average molecular weight is 240 g/mol. The van der Waals surface area contributed by atoms with Crippen molar-refractivity contribution in [2.75, 3.05) is 6.54 Å². The summed E-state index contributed by atoms with van der Waals surface area (Å²) in [5.41, 5.74) is 2.00. The molecule has 86 valence electrons. The van der Waals surface area contributed by atoms with Gasteiger partial charge in [0.05, 0.1) is 35.5 Å². The zero-order valence-electron chi connectivity index (χ0n) is 9.27. The van der Waals surface area contributed by atoms with Gasteiger partial charge in [-0.05, 0) is 12.6 Å². The second-order valence-electron chi connectivity index (χ2n) is 3.55. The summed E-state index contributed by atoms with van der Waals surface area (Å²) < 4.78 is 6.89. The molecule has 1 N–H and O–H groups in total. The lowest BCUT2D eigenvalue weighted by atomic mass is 10.1. The summed E-state index contributed by atoms with van der Waals surface area (Å²) in [6.07, 6.45) is 5.03. The van der Waals surface area contributed by atoms with Gasteiger partial charge >= 0.3 is 0 Å². The predicted molar refractivity (Wildman–Crippen MR) is 62.4 cm³/mol. The molecule has 5 heteroatoms. The molecule has 0 aliphatic heterocycles. The van der Waals surface area contributed by atoms with Gasteiger partial charge in [-0.25, -0.2) is 0 Å². The number of aryl methyl sites for hydroxylation is 1. The molecule has 2 aromatic heterocycles. The summed E-state index contributed by atoms with van der Waals surface area (Å²) in [4.78, 5) is 0. The number of aromatic nitrogens is 2. The van der Waals surface area contributed by atoms with E-state index < -0.39 is 0 Å². The molecule has 0 aliphatic carbocycles. The first-order chi connectivity index (χ1) is 7.74. The minimum absolute atomic E-state index is 0.0174. The van der Waals surface area contributed by atoms with Crippen LogP contribution in [0.1, 0.15) is 24.2 Å². The van der Waals surface area contributed by atoms with Crippen LogP contribution in [0.15, 0.2) is 29.2 Å². The second kappa shape index (κ2) is 4.72. The Bertz CT molecular complexity index is 430. The summed E-state index contributed by atoms with van der Waals surface area (Å²) in [6.45, 7) is 2.90. The van der Waals surface area contributed by atoms with Gasteiger partial charge in [-0.1, -0.05) is 18.5 Å². The first kappa shape index (κ1) is 11.2. The Kier molecular flexibility index (Phi) is 3.31. The molecule has 0 radical (unpaired) electrons. The van der Waals surface area contributed by atoms with Crippen LogP contribution in [0.2, 0.25) is 5.02 Å². The van der Waals surface area contributed by atoms with Crippen molar-refractivity contribution >= 4 is 11.6 Å². The van der Waals surface area contributed by atoms with Crippen molar-refractivity contribution in [2.24, 2.45) is 7.05 Å². The topological polar surface area (TPSA) is 43.0 Å². The zero-order chi connectivity index (χ0) is 11.5. The molecule has 0 saturated carbocycles. The molecule has 2 rings (SSSR count). The van der Waals surface area contributed by atoms with Gasteiger partial charge in [-0.15, -0.1) is 0 Å². The van der Waals surface area contributed by atoms with Gasteiger partial charge in [0.25, 0.3) is 0 Å². The highest BCUT2D eigenvalue weighted by Gasteiger charge is 2.20. The molecule has 0 fully saturated rings. The summed E-state index contributed by atoms with van der Waals surface area (Å²) in [5.74, 6) is 0. The molecule has 0 aromatic carbocycles. The Morgan fingerprint density at radius 1 is 1.62 bits per heavy atom. The second-order valence-corrected chi connectivity index (χ2v) is 3.96. The molecule has 0 spiro atoms. The largest absolute Gasteiger partial charge is 0.472 e. The van der Waals surface area contributed by atoms with Gasteiger partial charge < -0.3 is 9.73 Å². The Morgan fingerprint density at radius 3 is 2.94 bits per heavy atom. The molecular formula is C11H14ClN3O. The van der Waals surface area contributed by atoms with E-state index in [2.05, 4.69) is 17.3 Å². The van der Waals surface area contributed by atoms with Crippen LogP contribution in [0.25, 0.3) is 0 Å². The third kappa shape index (κ3) is 1.99. The number of hydrogen-bond donors (Lipinski definition) is 1. The molecule has 16 heavy (non-hydrogen) atoms. The van der Waals surface area contributed by atoms with E-state index in [1.807, 2.05) is 13.1 Å². The van der Waals surface area contributed by atoms with Crippen molar-refractivity contribution in [1.82, 2.24) is 15.1 Å². The maximum Gasteiger partial charge on any atom is 0.0954 e. The molecule has 2 aromatic rings. The van der Waals surface area contributed by atoms with Crippen LogP contribution >= 0.6 is 11.6 Å². The number of rotatable bonds is 4. The van der Waals surface area contributed by atoms with Crippen molar-refractivity contribution < 1.29 is 4.42 Å². The predicted octanol–water partition coefficient (Wildman–Crippen LogP) is 2.37. The summed E-state index contributed by atoms with van der Waals surface area (Å²) in [5, 5.41) is 8.17. The SMILES string of the molecule is CCNC(c1ccoc1)c1c(Cl)cnn1C. The number of halogens is 1. The van der Waals surface area contributed by atoms with Gasteiger partial charge in [0.2, 0.25) is 0 Å². The molecule has 0 amide bonds. The third-order valence-electron chi connectivity index (χ3n) is 2.50. The number of nitrogens with zero attached hydrogens (tertiary/aromatic N) is 2. The van der Waals surface area contributed by atoms with E-state index in [9.17, 15) is 0 Å². The molecule has 1 unspecified atom stereocenters. The smallest absolute Gasteiger partial charge is 0.0954 e. The minimum atomic E-state index is 0.0174. The highest BCUT2D eigenvalue weighted by Crippen LogP contribution is 2.27. The van der Waals surface area contributed by atoms with E-state index in [0.717, 1.165) is 17.8 Å². The van der Waals surface area contributed by atoms with Gasteiger partial charge in [0.1, 0.15) is 0 Å². The first-order valence-corrected chi connectivity index (χ1v) is 5.54. The van der Waals surface area contributed by atoms with Gasteiger partial charge in [-0.2, -0.15) is 5.10 Å². The lowest BCUT2D eigenvalue weighted by Gasteiger charge is -2.17. The lowest BCUT2D eigenvalue weighted by molar-refractivity contribution is 0.540. The summed E-state index contributed by atoms with van der Waals surface area (Å²) in [6, 6.07) is 1.94. The average Bonchev–Trinajstić information content (AvgIpc) is 2.87. The van der Waals surface area contributed by atoms with Gasteiger partial charge in [0, 0.05) is 12.6 Å². The van der Waals surface area contributed by atoms with Crippen LogP contribution in [-0.2, 0) is 7.05 Å². The maximum atomic E-state index is 6.14. The van der Waals surface area contributed by atoms with Gasteiger partial charge in [-0.3, -0.25) is 4.68 Å². The Labute approximate surface area is 99.2 Å². The Hall–Kier alpha value is -1.26. The van der Waals surface area contributed by atoms with Crippen LogP contribution in [0.4, 0.5) is 0 Å². The van der Waals surface area contributed by atoms with E-state index in [0.29, 0.717) is 5.02 Å². The van der Waals surface area contributed by atoms with Crippen LogP contribution in [0.3, 0.4) is 0 Å². The Balaban J connectivity index is 2.40. The van der Waals surface area contributed by atoms with Gasteiger partial charge in [0.15, 0.2) is 0 Å². The molecule has 0 bridgehead atoms. The summed E-state index contributed by atoms with van der Waals surface area (Å²) in [7, 11) is 1.88. The van der Waals surface area contributed by atoms with Crippen molar-refractivity contribution in [3.05, 3.63) is 41.1 Å². The van der Waals surface area contributed by atoms with Crippen molar-refractivity contribution in [2.45, 2.75) is 13.0 Å². The van der Waals surface area contributed by atoms with Crippen LogP contribution in [0, 0.1) is 0 Å². The number of nitrogens with one attached hydrogen (secondary N) is 1. The fraction of sp³-hybridized carbons (Fsp3) is 0.364. The fourth-order valence-corrected chi connectivity index (χ4v) is 2.04. The van der Waals surface area contributed by atoms with Crippen LogP contribution in [0.5, 0.6) is 0 Å². The molecule has 0 aliphatic rings. The molecule has 4 nitrogen and oxygen atoms in total. The lowest BCUT2D eigenvalue weighted by Crippen LogP contribution is -2.24. The van der Waals surface area contributed by atoms with Crippen molar-refractivity contribution in [3.63, 3.8) is 0 Å². The molecule has 1 atom stereocenters. The normalized spacial score (nSPS) is 12.9. The highest BCUT2D eigenvalue weighted by atomic mass is 35.5. The standard InChI is InChI=1S/C11H14ClN3O/c1-3-13-10(8-4-5-16-7-8)11-9(12)6-14-15(11)2/h4-7,10,13H,3H2,1-2H3. The highest BCUT2D eigenvalue weighted by molar-refractivity contribution is 6.31. The van der Waals surface area contributed by atoms with Crippen LogP contribution < -0.4 is 5.32 Å². The fourth-order valence-electron chi connectivity index (χ4n) is 1.76. The molecule has 0 saturated heterocycles. The van der Waals surface area contributed by atoms with Crippen molar-refractivity contribution in [1.29, 1.82) is 0 Å². The summed E-state index contributed by atoms with van der Waals surface area (Å²) >= 11 is 6.14. The first-order valence-electron chi connectivity index (χ1n) is 5.17. The third-order valence-corrected chi connectivity index (χ3v) is 2.79. The number of furan rings is 1. The molecular weight excluding hydrogens is 226 g/mol. The molecule has 2 heterocycles.